The Bertz CT molecular complexity index is 277. The molecule has 15 heavy (non-hydrogen) atoms. The van der Waals surface area contributed by atoms with E-state index in [0.29, 0.717) is 5.25 Å². The lowest BCUT2D eigenvalue weighted by molar-refractivity contribution is 0.199. The predicted molar refractivity (Wildman–Crippen MR) is 63.3 cm³/mol. The summed E-state index contributed by atoms with van der Waals surface area (Å²) in [7, 11) is 3.73. The van der Waals surface area contributed by atoms with Crippen LogP contribution in [0.4, 0.5) is 0 Å². The standard InChI is InChI=1S/C10H19N3OS/c1-9(8-11-5-7-14-3)15-10-12-4-6-13(10)2/h4,6,9,11H,5,7-8H2,1-3H3. The van der Waals surface area contributed by atoms with E-state index < -0.39 is 0 Å². The van der Waals surface area contributed by atoms with Crippen molar-refractivity contribution in [3.8, 4) is 0 Å². The number of ether oxygens (including phenoxy) is 1. The number of methoxy groups -OCH3 is 1. The third-order valence-electron chi connectivity index (χ3n) is 2.00. The molecule has 0 saturated carbocycles. The third-order valence-corrected chi connectivity index (χ3v) is 3.17. The molecule has 0 fully saturated rings. The SMILES string of the molecule is COCCNCC(C)Sc1nccn1C. The average molecular weight is 229 g/mol. The molecular weight excluding hydrogens is 210 g/mol. The molecule has 0 amide bonds. The molecule has 0 aliphatic heterocycles. The summed E-state index contributed by atoms with van der Waals surface area (Å²) < 4.78 is 7.00. The first-order chi connectivity index (χ1) is 7.24. The Labute approximate surface area is 95.4 Å². The van der Waals surface area contributed by atoms with E-state index >= 15 is 0 Å². The Morgan fingerprint density at radius 1 is 1.67 bits per heavy atom. The molecule has 0 aliphatic rings. The van der Waals surface area contributed by atoms with Gasteiger partial charge in [0.15, 0.2) is 5.16 Å². The van der Waals surface area contributed by atoms with E-state index in [1.54, 1.807) is 18.9 Å². The van der Waals surface area contributed by atoms with Crippen LogP contribution in [0.15, 0.2) is 17.6 Å². The van der Waals surface area contributed by atoms with Gasteiger partial charge < -0.3 is 14.6 Å². The van der Waals surface area contributed by atoms with Crippen molar-refractivity contribution >= 4 is 11.8 Å². The second-order valence-corrected chi connectivity index (χ2v) is 4.85. The Morgan fingerprint density at radius 2 is 2.47 bits per heavy atom. The van der Waals surface area contributed by atoms with Crippen LogP contribution in [0, 0.1) is 0 Å². The van der Waals surface area contributed by atoms with Crippen LogP contribution in [0.25, 0.3) is 0 Å². The van der Waals surface area contributed by atoms with Crippen molar-refractivity contribution in [2.75, 3.05) is 26.8 Å². The van der Waals surface area contributed by atoms with Crippen molar-refractivity contribution in [3.05, 3.63) is 12.4 Å². The highest BCUT2D eigenvalue weighted by Crippen LogP contribution is 2.19. The van der Waals surface area contributed by atoms with Crippen LogP contribution in [-0.4, -0.2) is 41.6 Å². The molecule has 0 saturated heterocycles. The van der Waals surface area contributed by atoms with Gasteiger partial charge in [-0.25, -0.2) is 4.98 Å². The van der Waals surface area contributed by atoms with E-state index in [4.69, 9.17) is 4.74 Å². The molecule has 1 aromatic rings. The number of aryl methyl sites for hydroxylation is 1. The molecule has 0 aliphatic carbocycles. The second-order valence-electron chi connectivity index (χ2n) is 3.45. The number of hydrogen-bond donors (Lipinski definition) is 1. The van der Waals surface area contributed by atoms with Crippen LogP contribution in [-0.2, 0) is 11.8 Å². The number of hydrogen-bond acceptors (Lipinski definition) is 4. The molecule has 4 nitrogen and oxygen atoms in total. The van der Waals surface area contributed by atoms with Crippen molar-refractivity contribution in [1.82, 2.24) is 14.9 Å². The molecule has 0 aromatic carbocycles. The van der Waals surface area contributed by atoms with Crippen molar-refractivity contribution < 1.29 is 4.74 Å². The number of nitrogens with zero attached hydrogens (tertiary/aromatic N) is 2. The summed E-state index contributed by atoms with van der Waals surface area (Å²) in [5, 5.41) is 4.92. The fourth-order valence-corrected chi connectivity index (χ4v) is 2.08. The van der Waals surface area contributed by atoms with E-state index in [1.165, 1.54) is 0 Å². The van der Waals surface area contributed by atoms with Gasteiger partial charge in [-0.1, -0.05) is 18.7 Å². The second kappa shape index (κ2) is 6.87. The lowest BCUT2D eigenvalue weighted by atomic mass is 10.4. The van der Waals surface area contributed by atoms with E-state index in [9.17, 15) is 0 Å². The zero-order valence-electron chi connectivity index (χ0n) is 9.56. The zero-order valence-corrected chi connectivity index (χ0v) is 10.4. The van der Waals surface area contributed by atoms with Gasteiger partial charge >= 0.3 is 0 Å². The van der Waals surface area contributed by atoms with Crippen molar-refractivity contribution in [1.29, 1.82) is 0 Å². The fourth-order valence-electron chi connectivity index (χ4n) is 1.17. The van der Waals surface area contributed by atoms with Crippen molar-refractivity contribution in [2.24, 2.45) is 7.05 Å². The summed E-state index contributed by atoms with van der Waals surface area (Å²) >= 11 is 1.78. The number of imidazole rings is 1. The van der Waals surface area contributed by atoms with Crippen molar-refractivity contribution in [3.63, 3.8) is 0 Å². The first-order valence-corrected chi connectivity index (χ1v) is 5.95. The lowest BCUT2D eigenvalue weighted by Gasteiger charge is -2.11. The highest BCUT2D eigenvalue weighted by atomic mass is 32.2. The van der Waals surface area contributed by atoms with E-state index in [2.05, 4.69) is 17.2 Å². The number of nitrogens with one attached hydrogen (secondary N) is 1. The van der Waals surface area contributed by atoms with Crippen LogP contribution in [0.3, 0.4) is 0 Å². The monoisotopic (exact) mass is 229 g/mol. The van der Waals surface area contributed by atoms with Gasteiger partial charge in [0.05, 0.1) is 6.61 Å². The van der Waals surface area contributed by atoms with Gasteiger partial charge in [-0.15, -0.1) is 0 Å². The van der Waals surface area contributed by atoms with Gasteiger partial charge in [0.25, 0.3) is 0 Å². The summed E-state index contributed by atoms with van der Waals surface area (Å²) in [5.41, 5.74) is 0. The predicted octanol–water partition coefficient (Wildman–Crippen LogP) is 1.14. The molecule has 1 aromatic heterocycles. The van der Waals surface area contributed by atoms with Crippen molar-refractivity contribution in [2.45, 2.75) is 17.3 Å². The molecule has 1 N–H and O–H groups in total. The number of aromatic nitrogens is 2. The molecule has 5 heteroatoms. The van der Waals surface area contributed by atoms with Crippen LogP contribution >= 0.6 is 11.8 Å². The van der Waals surface area contributed by atoms with Crippen LogP contribution in [0.1, 0.15) is 6.92 Å². The number of rotatable bonds is 7. The van der Waals surface area contributed by atoms with Gasteiger partial charge in [-0.3, -0.25) is 0 Å². The Kier molecular flexibility index (Phi) is 5.75. The van der Waals surface area contributed by atoms with Crippen LogP contribution < -0.4 is 5.32 Å². The van der Waals surface area contributed by atoms with Crippen LogP contribution in [0.2, 0.25) is 0 Å². The normalized spacial score (nSPS) is 13.0. The summed E-state index contributed by atoms with van der Waals surface area (Å²) in [6, 6.07) is 0. The largest absolute Gasteiger partial charge is 0.383 e. The minimum Gasteiger partial charge on any atom is -0.383 e. The molecule has 0 spiro atoms. The molecule has 1 atom stereocenters. The third kappa shape index (κ3) is 4.68. The maximum Gasteiger partial charge on any atom is 0.167 e. The summed E-state index contributed by atoms with van der Waals surface area (Å²) in [4.78, 5) is 4.27. The van der Waals surface area contributed by atoms with E-state index in [-0.39, 0.29) is 0 Å². The smallest absolute Gasteiger partial charge is 0.167 e. The van der Waals surface area contributed by atoms with Gasteiger partial charge in [0, 0.05) is 44.9 Å². The molecule has 1 unspecified atom stereocenters. The minimum atomic E-state index is 0.517. The lowest BCUT2D eigenvalue weighted by Crippen LogP contribution is -2.26. The quantitative estimate of drug-likeness (QED) is 0.562. The molecule has 1 rings (SSSR count). The first-order valence-electron chi connectivity index (χ1n) is 5.07. The Balaban J connectivity index is 2.18. The van der Waals surface area contributed by atoms with Gasteiger partial charge in [-0.2, -0.15) is 0 Å². The summed E-state index contributed by atoms with van der Waals surface area (Å²) in [5.74, 6) is 0. The highest BCUT2D eigenvalue weighted by molar-refractivity contribution is 7.99. The van der Waals surface area contributed by atoms with Crippen LogP contribution in [0.5, 0.6) is 0 Å². The average Bonchev–Trinajstić information content (AvgIpc) is 2.59. The number of thioether (sulfide) groups is 1. The fraction of sp³-hybridized carbons (Fsp3) is 0.700. The Hall–Kier alpha value is -0.520. The topological polar surface area (TPSA) is 39.1 Å². The minimum absolute atomic E-state index is 0.517. The molecule has 0 radical (unpaired) electrons. The van der Waals surface area contributed by atoms with Gasteiger partial charge in [0.1, 0.15) is 0 Å². The molecule has 1 heterocycles. The maximum absolute atomic E-state index is 4.96. The highest BCUT2D eigenvalue weighted by Gasteiger charge is 2.07. The summed E-state index contributed by atoms with van der Waals surface area (Å²) in [6.07, 6.45) is 3.79. The van der Waals surface area contributed by atoms with Gasteiger partial charge in [-0.05, 0) is 0 Å². The van der Waals surface area contributed by atoms with Gasteiger partial charge in [0.2, 0.25) is 0 Å². The molecular formula is C10H19N3OS. The first kappa shape index (κ1) is 12.5. The Morgan fingerprint density at radius 3 is 3.07 bits per heavy atom. The van der Waals surface area contributed by atoms with E-state index in [1.807, 2.05) is 24.0 Å². The maximum atomic E-state index is 4.96. The molecule has 0 bridgehead atoms. The summed E-state index contributed by atoms with van der Waals surface area (Å²) in [6.45, 7) is 4.84. The molecule has 86 valence electrons. The zero-order chi connectivity index (χ0) is 11.1. The van der Waals surface area contributed by atoms with E-state index in [0.717, 1.165) is 24.9 Å².